The van der Waals surface area contributed by atoms with Gasteiger partial charge in [0.15, 0.2) is 5.76 Å². The minimum Gasteiger partial charge on any atom is -0.456 e. The Morgan fingerprint density at radius 2 is 2.08 bits per heavy atom. The first kappa shape index (κ1) is 17.7. The van der Waals surface area contributed by atoms with Crippen LogP contribution in [0.1, 0.15) is 73.1 Å². The lowest BCUT2D eigenvalue weighted by Gasteiger charge is -2.31. The van der Waals surface area contributed by atoms with Gasteiger partial charge in [-0.1, -0.05) is 18.1 Å². The van der Waals surface area contributed by atoms with Crippen LogP contribution in [-0.4, -0.2) is 32.0 Å². The van der Waals surface area contributed by atoms with Gasteiger partial charge < -0.3 is 14.8 Å². The molecule has 2 aromatic heterocycles. The van der Waals surface area contributed by atoms with Crippen LogP contribution >= 0.6 is 0 Å². The molecular formula is C18H26N4O3. The summed E-state index contributed by atoms with van der Waals surface area (Å²) in [6, 6.07) is 1.76. The summed E-state index contributed by atoms with van der Waals surface area (Å²) in [5.41, 5.74) is 0.464. The topological polar surface area (TPSA) is 93.2 Å². The van der Waals surface area contributed by atoms with Crippen molar-refractivity contribution in [1.29, 1.82) is 0 Å². The molecule has 1 aliphatic rings. The van der Waals surface area contributed by atoms with E-state index in [0.29, 0.717) is 11.5 Å². The van der Waals surface area contributed by atoms with Gasteiger partial charge in [0, 0.05) is 0 Å². The normalized spacial score (nSPS) is 21.3. The number of aliphatic hydroxyl groups is 1. The van der Waals surface area contributed by atoms with E-state index in [-0.39, 0.29) is 18.0 Å². The monoisotopic (exact) mass is 346 g/mol. The largest absolute Gasteiger partial charge is 0.456 e. The van der Waals surface area contributed by atoms with Crippen molar-refractivity contribution in [2.75, 3.05) is 0 Å². The van der Waals surface area contributed by atoms with Gasteiger partial charge in [0.2, 0.25) is 0 Å². The molecule has 1 saturated carbocycles. The third kappa shape index (κ3) is 3.76. The number of hydrogen-bond acceptors (Lipinski definition) is 5. The number of furan rings is 1. The Kier molecular flexibility index (Phi) is 4.69. The van der Waals surface area contributed by atoms with E-state index in [1.54, 1.807) is 30.8 Å². The molecule has 0 aliphatic heterocycles. The highest BCUT2D eigenvalue weighted by atomic mass is 16.3. The number of hydrogen-bond donors (Lipinski definition) is 2. The highest BCUT2D eigenvalue weighted by Crippen LogP contribution is 2.29. The Balaban J connectivity index is 1.77. The predicted molar refractivity (Wildman–Crippen MR) is 92.2 cm³/mol. The second kappa shape index (κ2) is 6.63. The Morgan fingerprint density at radius 1 is 1.36 bits per heavy atom. The second-order valence-corrected chi connectivity index (χ2v) is 7.42. The molecule has 0 saturated heterocycles. The van der Waals surface area contributed by atoms with Crippen LogP contribution in [0.15, 0.2) is 16.7 Å². The van der Waals surface area contributed by atoms with Crippen molar-refractivity contribution in [2.24, 2.45) is 0 Å². The minimum absolute atomic E-state index is 0.0263. The Labute approximate surface area is 147 Å². The molecule has 1 fully saturated rings. The predicted octanol–water partition coefficient (Wildman–Crippen LogP) is 2.63. The molecular weight excluding hydrogens is 320 g/mol. The summed E-state index contributed by atoms with van der Waals surface area (Å²) in [4.78, 5) is 12.5. The zero-order valence-corrected chi connectivity index (χ0v) is 15.2. The fraction of sp³-hybridized carbons (Fsp3) is 0.611. The van der Waals surface area contributed by atoms with Gasteiger partial charge >= 0.3 is 0 Å². The summed E-state index contributed by atoms with van der Waals surface area (Å²) in [6.07, 6.45) is 5.71. The molecule has 0 spiro atoms. The molecule has 3 rings (SSSR count). The van der Waals surface area contributed by atoms with E-state index in [1.807, 2.05) is 13.8 Å². The van der Waals surface area contributed by atoms with Crippen LogP contribution in [0.3, 0.4) is 0 Å². The SMILES string of the molecule is Cc1cc(C(=O)N[C@H]2CCCC[C@H]2n2cc(C(C)(C)O)nn2)oc1C. The van der Waals surface area contributed by atoms with Gasteiger partial charge in [-0.2, -0.15) is 0 Å². The van der Waals surface area contributed by atoms with Crippen LogP contribution in [-0.2, 0) is 5.60 Å². The molecule has 7 nitrogen and oxygen atoms in total. The fourth-order valence-corrected chi connectivity index (χ4v) is 3.24. The third-order valence-electron chi connectivity index (χ3n) is 4.91. The molecule has 2 aromatic rings. The average Bonchev–Trinajstić information content (AvgIpc) is 3.15. The number of amides is 1. The first-order valence-electron chi connectivity index (χ1n) is 8.78. The Bertz CT molecular complexity index is 737. The fourth-order valence-electron chi connectivity index (χ4n) is 3.24. The molecule has 0 aromatic carbocycles. The summed E-state index contributed by atoms with van der Waals surface area (Å²) in [6.45, 7) is 7.14. The Hall–Kier alpha value is -2.15. The number of nitrogens with zero attached hydrogens (tertiary/aromatic N) is 3. The lowest BCUT2D eigenvalue weighted by Crippen LogP contribution is -2.43. The first-order valence-corrected chi connectivity index (χ1v) is 8.78. The molecule has 2 N–H and O–H groups in total. The number of aryl methyl sites for hydroxylation is 2. The summed E-state index contributed by atoms with van der Waals surface area (Å²) in [5, 5.41) is 21.4. The van der Waals surface area contributed by atoms with E-state index in [1.165, 1.54) is 0 Å². The highest BCUT2D eigenvalue weighted by molar-refractivity contribution is 5.92. The second-order valence-electron chi connectivity index (χ2n) is 7.42. The molecule has 0 radical (unpaired) electrons. The minimum atomic E-state index is -1.03. The molecule has 1 aliphatic carbocycles. The van der Waals surface area contributed by atoms with Crippen molar-refractivity contribution in [3.05, 3.63) is 35.0 Å². The number of rotatable bonds is 4. The van der Waals surface area contributed by atoms with Crippen LogP contribution in [0.4, 0.5) is 0 Å². The van der Waals surface area contributed by atoms with Gasteiger partial charge in [-0.15, -0.1) is 5.10 Å². The molecule has 136 valence electrons. The lowest BCUT2D eigenvalue weighted by atomic mass is 9.90. The van der Waals surface area contributed by atoms with Crippen molar-refractivity contribution < 1.29 is 14.3 Å². The van der Waals surface area contributed by atoms with E-state index in [9.17, 15) is 9.90 Å². The van der Waals surface area contributed by atoms with Crippen LogP contribution in [0.5, 0.6) is 0 Å². The van der Waals surface area contributed by atoms with Crippen LogP contribution in [0.2, 0.25) is 0 Å². The maximum absolute atomic E-state index is 12.5. The molecule has 2 atom stereocenters. The van der Waals surface area contributed by atoms with Gasteiger partial charge in [-0.25, -0.2) is 4.68 Å². The molecule has 2 heterocycles. The highest BCUT2D eigenvalue weighted by Gasteiger charge is 2.31. The van der Waals surface area contributed by atoms with Crippen LogP contribution in [0.25, 0.3) is 0 Å². The molecule has 1 amide bonds. The van der Waals surface area contributed by atoms with Gasteiger partial charge in [-0.3, -0.25) is 4.79 Å². The zero-order valence-electron chi connectivity index (χ0n) is 15.2. The molecule has 0 bridgehead atoms. The van der Waals surface area contributed by atoms with Gasteiger partial charge in [-0.05, 0) is 52.2 Å². The van der Waals surface area contributed by atoms with E-state index in [0.717, 1.165) is 37.0 Å². The van der Waals surface area contributed by atoms with Crippen molar-refractivity contribution in [3.8, 4) is 0 Å². The van der Waals surface area contributed by atoms with Crippen molar-refractivity contribution in [1.82, 2.24) is 20.3 Å². The van der Waals surface area contributed by atoms with Gasteiger partial charge in [0.05, 0.1) is 18.3 Å². The van der Waals surface area contributed by atoms with Gasteiger partial charge in [0.25, 0.3) is 5.91 Å². The number of nitrogens with one attached hydrogen (secondary N) is 1. The summed E-state index contributed by atoms with van der Waals surface area (Å²) < 4.78 is 7.30. The molecule has 7 heteroatoms. The quantitative estimate of drug-likeness (QED) is 0.888. The van der Waals surface area contributed by atoms with Crippen LogP contribution < -0.4 is 5.32 Å². The third-order valence-corrected chi connectivity index (χ3v) is 4.91. The van der Waals surface area contributed by atoms with Crippen LogP contribution in [0, 0.1) is 13.8 Å². The standard InChI is InChI=1S/C18H26N4O3/c1-11-9-15(25-12(11)2)17(23)19-13-7-5-6-8-14(13)22-10-16(20-21-22)18(3,4)24/h9-10,13-14,24H,5-8H2,1-4H3,(H,19,23)/t13-,14+/m0/s1. The maximum Gasteiger partial charge on any atom is 0.287 e. The van der Waals surface area contributed by atoms with E-state index in [4.69, 9.17) is 4.42 Å². The number of carbonyl (C=O) groups is 1. The zero-order chi connectivity index (χ0) is 18.2. The average molecular weight is 346 g/mol. The van der Waals surface area contributed by atoms with Crippen molar-refractivity contribution in [2.45, 2.75) is 71.1 Å². The first-order chi connectivity index (χ1) is 11.8. The molecule has 25 heavy (non-hydrogen) atoms. The molecule has 0 unspecified atom stereocenters. The number of carbonyl (C=O) groups excluding carboxylic acids is 1. The lowest BCUT2D eigenvalue weighted by molar-refractivity contribution is 0.0735. The van der Waals surface area contributed by atoms with Crippen molar-refractivity contribution >= 4 is 5.91 Å². The maximum atomic E-state index is 12.5. The summed E-state index contributed by atoms with van der Waals surface area (Å²) in [5.74, 6) is 0.905. The smallest absolute Gasteiger partial charge is 0.287 e. The van der Waals surface area contributed by atoms with Crippen molar-refractivity contribution in [3.63, 3.8) is 0 Å². The van der Waals surface area contributed by atoms with E-state index >= 15 is 0 Å². The Morgan fingerprint density at radius 3 is 2.68 bits per heavy atom. The van der Waals surface area contributed by atoms with E-state index in [2.05, 4.69) is 15.6 Å². The summed E-state index contributed by atoms with van der Waals surface area (Å²) in [7, 11) is 0. The van der Waals surface area contributed by atoms with Gasteiger partial charge in [0.1, 0.15) is 17.1 Å². The number of aromatic nitrogens is 3. The van der Waals surface area contributed by atoms with E-state index < -0.39 is 5.60 Å². The summed E-state index contributed by atoms with van der Waals surface area (Å²) >= 11 is 0.